The van der Waals surface area contributed by atoms with Gasteiger partial charge in [0.1, 0.15) is 6.61 Å². The molecule has 0 bridgehead atoms. The van der Waals surface area contributed by atoms with Crippen LogP contribution in [0.1, 0.15) is 10.4 Å². The lowest BCUT2D eigenvalue weighted by atomic mass is 10.2. The van der Waals surface area contributed by atoms with E-state index in [0.29, 0.717) is 15.7 Å². The highest BCUT2D eigenvalue weighted by Gasteiger charge is 2.16. The number of carbonyl (C=O) groups is 2. The highest BCUT2D eigenvalue weighted by molar-refractivity contribution is 9.10. The Morgan fingerprint density at radius 2 is 2.12 bits per heavy atom. The molecule has 4 nitrogen and oxygen atoms in total. The largest absolute Gasteiger partial charge is 0.456 e. The summed E-state index contributed by atoms with van der Waals surface area (Å²) in [5.41, 5.74) is 0.994. The van der Waals surface area contributed by atoms with E-state index < -0.39 is 5.97 Å². The van der Waals surface area contributed by atoms with Crippen LogP contribution in [0.4, 0.5) is 0 Å². The van der Waals surface area contributed by atoms with Crippen LogP contribution in [0.25, 0.3) is 0 Å². The molecule has 0 aromatic heterocycles. The van der Waals surface area contributed by atoms with Crippen LogP contribution >= 0.6 is 15.9 Å². The number of carbonyl (C=O) groups excluding carboxylic acids is 2. The van der Waals surface area contributed by atoms with Crippen molar-refractivity contribution in [3.05, 3.63) is 46.1 Å². The number of rotatable bonds is 2. The predicted octanol–water partition coefficient (Wildman–Crippen LogP) is 1.62. The third kappa shape index (κ3) is 2.30. The topological polar surface area (TPSA) is 55.4 Å². The number of ether oxygens (including phenoxy) is 1. The van der Waals surface area contributed by atoms with Gasteiger partial charge < -0.3 is 10.1 Å². The van der Waals surface area contributed by atoms with Crippen molar-refractivity contribution in [3.63, 3.8) is 0 Å². The van der Waals surface area contributed by atoms with E-state index in [1.807, 2.05) is 6.07 Å². The van der Waals surface area contributed by atoms with Crippen molar-refractivity contribution in [1.29, 1.82) is 0 Å². The van der Waals surface area contributed by atoms with Crippen molar-refractivity contribution in [1.82, 2.24) is 5.32 Å². The van der Waals surface area contributed by atoms with Gasteiger partial charge in [-0.3, -0.25) is 4.79 Å². The second-order valence-corrected chi connectivity index (χ2v) is 4.07. The Labute approximate surface area is 100 Å². The number of cyclic esters (lactones) is 1. The molecule has 0 atom stereocenters. The number of amides is 1. The first kappa shape index (κ1) is 10.9. The molecule has 0 spiro atoms. The van der Waals surface area contributed by atoms with E-state index in [1.54, 1.807) is 18.2 Å². The third-order valence-electron chi connectivity index (χ3n) is 2.05. The number of esters is 1. The quantitative estimate of drug-likeness (QED) is 0.839. The molecule has 1 aliphatic heterocycles. The van der Waals surface area contributed by atoms with E-state index in [2.05, 4.69) is 26.0 Å². The molecule has 0 saturated carbocycles. The van der Waals surface area contributed by atoms with E-state index in [4.69, 9.17) is 0 Å². The smallest absolute Gasteiger partial charge is 0.333 e. The number of benzene rings is 1. The zero-order valence-corrected chi connectivity index (χ0v) is 9.78. The molecule has 1 aromatic carbocycles. The fourth-order valence-electron chi connectivity index (χ4n) is 1.31. The second-order valence-electron chi connectivity index (χ2n) is 3.21. The molecule has 0 fully saturated rings. The number of hydrogen-bond donors (Lipinski definition) is 1. The molecule has 0 saturated heterocycles. The maximum Gasteiger partial charge on any atom is 0.333 e. The summed E-state index contributed by atoms with van der Waals surface area (Å²) in [4.78, 5) is 22.6. The first-order valence-corrected chi connectivity index (χ1v) is 5.39. The Kier molecular flexibility index (Phi) is 3.05. The molecular weight excluding hydrogens is 274 g/mol. The maximum absolute atomic E-state index is 11.8. The van der Waals surface area contributed by atoms with Crippen LogP contribution in [0.2, 0.25) is 0 Å². The minimum Gasteiger partial charge on any atom is -0.456 e. The molecule has 82 valence electrons. The predicted molar refractivity (Wildman–Crippen MR) is 60.7 cm³/mol. The van der Waals surface area contributed by atoms with Crippen LogP contribution in [-0.4, -0.2) is 18.5 Å². The SMILES string of the molecule is O=C1C=C(NC(=O)c2ccccc2Br)CO1. The summed E-state index contributed by atoms with van der Waals surface area (Å²) in [6, 6.07) is 7.06. The van der Waals surface area contributed by atoms with Gasteiger partial charge in [0.25, 0.3) is 5.91 Å². The summed E-state index contributed by atoms with van der Waals surface area (Å²) in [7, 11) is 0. The molecule has 1 heterocycles. The molecule has 16 heavy (non-hydrogen) atoms. The standard InChI is InChI=1S/C11H8BrNO3/c12-9-4-2-1-3-8(9)11(15)13-7-5-10(14)16-6-7/h1-5H,6H2,(H,13,15). The third-order valence-corrected chi connectivity index (χ3v) is 2.75. The monoisotopic (exact) mass is 281 g/mol. The van der Waals surface area contributed by atoms with Crippen LogP contribution in [-0.2, 0) is 9.53 Å². The Hall–Kier alpha value is -1.62. The Balaban J connectivity index is 2.12. The van der Waals surface area contributed by atoms with Crippen molar-refractivity contribution < 1.29 is 14.3 Å². The second kappa shape index (κ2) is 4.49. The van der Waals surface area contributed by atoms with E-state index in [0.717, 1.165) is 0 Å². The van der Waals surface area contributed by atoms with Crippen LogP contribution in [0.5, 0.6) is 0 Å². The molecule has 0 aliphatic carbocycles. The van der Waals surface area contributed by atoms with Gasteiger partial charge in [0.15, 0.2) is 0 Å². The van der Waals surface area contributed by atoms with Crippen molar-refractivity contribution >= 4 is 27.8 Å². The van der Waals surface area contributed by atoms with E-state index in [-0.39, 0.29) is 12.5 Å². The highest BCUT2D eigenvalue weighted by Crippen LogP contribution is 2.16. The summed E-state index contributed by atoms with van der Waals surface area (Å²) >= 11 is 3.28. The Morgan fingerprint density at radius 3 is 2.75 bits per heavy atom. The van der Waals surface area contributed by atoms with Crippen LogP contribution in [0.3, 0.4) is 0 Å². The molecule has 2 rings (SSSR count). The molecule has 1 aliphatic rings. The lowest BCUT2D eigenvalue weighted by molar-refractivity contribution is -0.134. The average molecular weight is 282 g/mol. The van der Waals surface area contributed by atoms with E-state index >= 15 is 0 Å². The molecule has 1 amide bonds. The fraction of sp³-hybridized carbons (Fsp3) is 0.0909. The summed E-state index contributed by atoms with van der Waals surface area (Å²) in [5.74, 6) is -0.695. The number of nitrogens with one attached hydrogen (secondary N) is 1. The van der Waals surface area contributed by atoms with Crippen LogP contribution < -0.4 is 5.32 Å². The minimum atomic E-state index is -0.428. The van der Waals surface area contributed by atoms with Crippen LogP contribution in [0, 0.1) is 0 Å². The molecular formula is C11H8BrNO3. The molecule has 1 aromatic rings. The van der Waals surface area contributed by atoms with Gasteiger partial charge >= 0.3 is 5.97 Å². The fourth-order valence-corrected chi connectivity index (χ4v) is 1.77. The van der Waals surface area contributed by atoms with Gasteiger partial charge in [0.2, 0.25) is 0 Å². The summed E-state index contributed by atoms with van der Waals surface area (Å²) in [5, 5.41) is 2.61. The zero-order chi connectivity index (χ0) is 11.5. The first-order valence-electron chi connectivity index (χ1n) is 4.60. The van der Waals surface area contributed by atoms with E-state index in [1.165, 1.54) is 6.08 Å². The average Bonchev–Trinajstić information content (AvgIpc) is 2.64. The Morgan fingerprint density at radius 1 is 1.38 bits per heavy atom. The number of halogens is 1. The summed E-state index contributed by atoms with van der Waals surface area (Å²) in [6.45, 7) is 0.120. The lowest BCUT2D eigenvalue weighted by Crippen LogP contribution is -2.23. The van der Waals surface area contributed by atoms with Gasteiger partial charge in [-0.25, -0.2) is 4.79 Å². The minimum absolute atomic E-state index is 0.120. The molecule has 5 heteroatoms. The van der Waals surface area contributed by atoms with Gasteiger partial charge in [-0.2, -0.15) is 0 Å². The first-order chi connectivity index (χ1) is 7.66. The highest BCUT2D eigenvalue weighted by atomic mass is 79.9. The molecule has 0 radical (unpaired) electrons. The van der Waals surface area contributed by atoms with Gasteiger partial charge in [-0.15, -0.1) is 0 Å². The van der Waals surface area contributed by atoms with Crippen LogP contribution in [0.15, 0.2) is 40.5 Å². The van der Waals surface area contributed by atoms with Gasteiger partial charge in [-0.05, 0) is 28.1 Å². The van der Waals surface area contributed by atoms with Gasteiger partial charge in [-0.1, -0.05) is 12.1 Å². The van der Waals surface area contributed by atoms with Crippen molar-refractivity contribution in [2.75, 3.05) is 6.61 Å². The van der Waals surface area contributed by atoms with Crippen molar-refractivity contribution in [2.45, 2.75) is 0 Å². The normalized spacial score (nSPS) is 14.3. The zero-order valence-electron chi connectivity index (χ0n) is 8.20. The van der Waals surface area contributed by atoms with E-state index in [9.17, 15) is 9.59 Å². The molecule has 0 unspecified atom stereocenters. The summed E-state index contributed by atoms with van der Waals surface area (Å²) < 4.78 is 5.38. The molecule has 1 N–H and O–H groups in total. The van der Waals surface area contributed by atoms with Crippen molar-refractivity contribution in [3.8, 4) is 0 Å². The van der Waals surface area contributed by atoms with Crippen molar-refractivity contribution in [2.24, 2.45) is 0 Å². The van der Waals surface area contributed by atoms with Gasteiger partial charge in [0.05, 0.1) is 11.3 Å². The van der Waals surface area contributed by atoms with Gasteiger partial charge in [0, 0.05) is 10.5 Å². The summed E-state index contributed by atoms with van der Waals surface area (Å²) in [6.07, 6.45) is 1.27. The Bertz CT molecular complexity index is 482. The maximum atomic E-state index is 11.8. The lowest BCUT2D eigenvalue weighted by Gasteiger charge is -2.05. The number of hydrogen-bond acceptors (Lipinski definition) is 3.